The predicted octanol–water partition coefficient (Wildman–Crippen LogP) is 3.27. The summed E-state index contributed by atoms with van der Waals surface area (Å²) in [6, 6.07) is 11.4. The number of nitrogens with zero attached hydrogens (tertiary/aromatic N) is 1. The Balaban J connectivity index is 1.66. The molecular weight excluding hydrogens is 353 g/mol. The molecule has 0 N–H and O–H groups in total. The number of Topliss-reactive ketones (excluding diaryl/α,β-unsaturated/α-hetero) is 1. The molecule has 3 rings (SSSR count). The van der Waals surface area contributed by atoms with Gasteiger partial charge in [0.2, 0.25) is 0 Å². The van der Waals surface area contributed by atoms with E-state index in [2.05, 4.69) is 0 Å². The van der Waals surface area contributed by atoms with Crippen LogP contribution < -0.4 is 4.90 Å². The van der Waals surface area contributed by atoms with Gasteiger partial charge in [0.1, 0.15) is 13.2 Å². The van der Waals surface area contributed by atoms with Gasteiger partial charge in [-0.2, -0.15) is 0 Å². The van der Waals surface area contributed by atoms with Crippen molar-refractivity contribution in [3.05, 3.63) is 63.6 Å². The molecule has 2 aromatic carbocycles. The predicted molar refractivity (Wildman–Crippen MR) is 89.4 cm³/mol. The van der Waals surface area contributed by atoms with Crippen LogP contribution in [-0.4, -0.2) is 24.2 Å². The number of benzene rings is 2. The minimum absolute atomic E-state index is 0.00660. The topological polar surface area (TPSA) is 63.7 Å². The molecule has 1 aliphatic heterocycles. The Hall–Kier alpha value is -2.37. The molecule has 24 heavy (non-hydrogen) atoms. The van der Waals surface area contributed by atoms with Crippen LogP contribution in [0.2, 0.25) is 10.0 Å². The molecule has 0 spiro atoms. The summed E-state index contributed by atoms with van der Waals surface area (Å²) < 4.78 is 5.14. The number of hydrogen-bond acceptors (Lipinski definition) is 4. The Morgan fingerprint density at radius 1 is 1.04 bits per heavy atom. The number of ketones is 1. The molecule has 0 aromatic heterocycles. The molecule has 122 valence electrons. The van der Waals surface area contributed by atoms with E-state index in [-0.39, 0.29) is 13.2 Å². The number of carbonyl (C=O) groups is 3. The lowest BCUT2D eigenvalue weighted by atomic mass is 10.1. The van der Waals surface area contributed by atoms with E-state index in [1.54, 1.807) is 42.5 Å². The Morgan fingerprint density at radius 3 is 2.54 bits per heavy atom. The Bertz CT molecular complexity index is 850. The number of carbonyl (C=O) groups excluding carboxylic acids is 3. The normalized spacial score (nSPS) is 13.2. The number of amides is 1. The molecule has 2 aromatic rings. The fraction of sp³-hybridized carbons (Fsp3) is 0.118. The summed E-state index contributed by atoms with van der Waals surface area (Å²) in [6.07, 6.45) is 0. The molecule has 0 saturated carbocycles. The van der Waals surface area contributed by atoms with E-state index in [0.717, 1.165) is 4.90 Å². The first-order valence-corrected chi connectivity index (χ1v) is 7.77. The van der Waals surface area contributed by atoms with E-state index in [0.29, 0.717) is 26.9 Å². The fourth-order valence-electron chi connectivity index (χ4n) is 2.37. The van der Waals surface area contributed by atoms with Gasteiger partial charge in [0.25, 0.3) is 11.7 Å². The van der Waals surface area contributed by atoms with Gasteiger partial charge in [-0.15, -0.1) is 0 Å². The van der Waals surface area contributed by atoms with Gasteiger partial charge in [-0.1, -0.05) is 41.4 Å². The Labute approximate surface area is 147 Å². The van der Waals surface area contributed by atoms with Gasteiger partial charge in [0.15, 0.2) is 0 Å². The third-order valence-corrected chi connectivity index (χ3v) is 4.29. The highest BCUT2D eigenvalue weighted by Crippen LogP contribution is 2.28. The van der Waals surface area contributed by atoms with Crippen molar-refractivity contribution in [2.24, 2.45) is 0 Å². The van der Waals surface area contributed by atoms with E-state index in [1.165, 1.54) is 0 Å². The maximum absolute atomic E-state index is 12.0. The van der Waals surface area contributed by atoms with Crippen LogP contribution in [0.25, 0.3) is 0 Å². The van der Waals surface area contributed by atoms with E-state index in [9.17, 15) is 14.4 Å². The van der Waals surface area contributed by atoms with E-state index in [4.69, 9.17) is 27.9 Å². The fourth-order valence-corrected chi connectivity index (χ4v) is 2.69. The lowest BCUT2D eigenvalue weighted by Crippen LogP contribution is -2.35. The van der Waals surface area contributed by atoms with Gasteiger partial charge in [0, 0.05) is 0 Å². The van der Waals surface area contributed by atoms with Crippen LogP contribution in [0, 0.1) is 0 Å². The van der Waals surface area contributed by atoms with Crippen molar-refractivity contribution >= 4 is 46.5 Å². The highest BCUT2D eigenvalue weighted by Gasteiger charge is 2.36. The monoisotopic (exact) mass is 363 g/mol. The minimum Gasteiger partial charge on any atom is -0.459 e. The molecule has 0 fully saturated rings. The summed E-state index contributed by atoms with van der Waals surface area (Å²) in [6.45, 7) is -0.337. The SMILES string of the molecule is O=C(CN1C(=O)C(=O)c2ccccc21)OCc1ccc(Cl)c(Cl)c1. The number of anilines is 1. The largest absolute Gasteiger partial charge is 0.459 e. The molecule has 0 unspecified atom stereocenters. The van der Waals surface area contributed by atoms with Crippen molar-refractivity contribution < 1.29 is 19.1 Å². The number of esters is 1. The lowest BCUT2D eigenvalue weighted by Gasteiger charge is -2.15. The van der Waals surface area contributed by atoms with Crippen molar-refractivity contribution in [2.45, 2.75) is 6.61 Å². The molecule has 1 aliphatic rings. The van der Waals surface area contributed by atoms with Crippen molar-refractivity contribution in [3.8, 4) is 0 Å². The molecule has 1 amide bonds. The number of halogens is 2. The minimum atomic E-state index is -0.734. The van der Waals surface area contributed by atoms with Crippen molar-refractivity contribution in [2.75, 3.05) is 11.4 Å². The standard InChI is InChI=1S/C17H11Cl2NO4/c18-12-6-5-10(7-13(12)19)9-24-15(21)8-20-14-4-2-1-3-11(14)16(22)17(20)23/h1-7H,8-9H2. The maximum atomic E-state index is 12.0. The van der Waals surface area contributed by atoms with E-state index >= 15 is 0 Å². The summed E-state index contributed by atoms with van der Waals surface area (Å²) in [5.41, 5.74) is 1.38. The molecule has 0 saturated heterocycles. The van der Waals surface area contributed by atoms with Gasteiger partial charge in [-0.05, 0) is 29.8 Å². The van der Waals surface area contributed by atoms with Crippen LogP contribution in [0.5, 0.6) is 0 Å². The molecule has 7 heteroatoms. The summed E-state index contributed by atoms with van der Waals surface area (Å²) >= 11 is 11.7. The van der Waals surface area contributed by atoms with Crippen molar-refractivity contribution in [1.82, 2.24) is 0 Å². The molecular formula is C17H11Cl2NO4. The van der Waals surface area contributed by atoms with Crippen LogP contribution in [0.4, 0.5) is 5.69 Å². The second-order valence-corrected chi connectivity index (χ2v) is 5.96. The third kappa shape index (κ3) is 3.13. The van der Waals surface area contributed by atoms with Gasteiger partial charge >= 0.3 is 5.97 Å². The van der Waals surface area contributed by atoms with Crippen LogP contribution in [0.1, 0.15) is 15.9 Å². The summed E-state index contributed by atoms with van der Waals surface area (Å²) in [4.78, 5) is 37.0. The molecule has 5 nitrogen and oxygen atoms in total. The van der Waals surface area contributed by atoms with Crippen LogP contribution in [-0.2, 0) is 20.9 Å². The van der Waals surface area contributed by atoms with Crippen LogP contribution in [0.15, 0.2) is 42.5 Å². The quantitative estimate of drug-likeness (QED) is 0.617. The maximum Gasteiger partial charge on any atom is 0.326 e. The van der Waals surface area contributed by atoms with Gasteiger partial charge in [-0.3, -0.25) is 19.3 Å². The number of rotatable bonds is 4. The second kappa shape index (κ2) is 6.63. The lowest BCUT2D eigenvalue weighted by molar-refractivity contribution is -0.143. The molecule has 0 aliphatic carbocycles. The first-order chi connectivity index (χ1) is 11.5. The summed E-state index contributed by atoms with van der Waals surface area (Å²) in [7, 11) is 0. The van der Waals surface area contributed by atoms with Gasteiger partial charge in [-0.25, -0.2) is 0 Å². The molecule has 0 bridgehead atoms. The zero-order valence-corrected chi connectivity index (χ0v) is 13.8. The highest BCUT2D eigenvalue weighted by atomic mass is 35.5. The van der Waals surface area contributed by atoms with Crippen LogP contribution in [0.3, 0.4) is 0 Å². The molecule has 0 radical (unpaired) electrons. The van der Waals surface area contributed by atoms with Crippen molar-refractivity contribution in [3.63, 3.8) is 0 Å². The van der Waals surface area contributed by atoms with Crippen LogP contribution >= 0.6 is 23.2 Å². The van der Waals surface area contributed by atoms with Gasteiger partial charge < -0.3 is 4.74 Å². The first-order valence-electron chi connectivity index (χ1n) is 7.02. The number of para-hydroxylation sites is 1. The van der Waals surface area contributed by atoms with E-state index < -0.39 is 17.7 Å². The Kier molecular flexibility index (Phi) is 4.55. The molecule has 0 atom stereocenters. The zero-order valence-electron chi connectivity index (χ0n) is 12.3. The average Bonchev–Trinajstić information content (AvgIpc) is 2.81. The first kappa shape index (κ1) is 16.5. The zero-order chi connectivity index (χ0) is 17.3. The van der Waals surface area contributed by atoms with Gasteiger partial charge in [0.05, 0.1) is 21.3 Å². The smallest absolute Gasteiger partial charge is 0.326 e. The number of hydrogen-bond donors (Lipinski definition) is 0. The summed E-state index contributed by atoms with van der Waals surface area (Å²) in [5.74, 6) is -1.98. The van der Waals surface area contributed by atoms with Crippen molar-refractivity contribution in [1.29, 1.82) is 0 Å². The number of ether oxygens (including phenoxy) is 1. The third-order valence-electron chi connectivity index (χ3n) is 3.55. The van der Waals surface area contributed by atoms with E-state index in [1.807, 2.05) is 0 Å². The average molecular weight is 364 g/mol. The number of fused-ring (bicyclic) bond motifs is 1. The highest BCUT2D eigenvalue weighted by molar-refractivity contribution is 6.52. The second-order valence-electron chi connectivity index (χ2n) is 5.15. The molecule has 1 heterocycles. The summed E-state index contributed by atoms with van der Waals surface area (Å²) in [5, 5.41) is 0.768. The Morgan fingerprint density at radius 2 is 1.79 bits per heavy atom.